The smallest absolute Gasteiger partial charge is 0.222 e. The van der Waals surface area contributed by atoms with Gasteiger partial charge in [0.15, 0.2) is 0 Å². The maximum Gasteiger partial charge on any atom is 0.222 e. The molecule has 1 aromatic heterocycles. The first kappa shape index (κ1) is 14.4. The maximum atomic E-state index is 11.7. The van der Waals surface area contributed by atoms with Crippen molar-refractivity contribution in [1.82, 2.24) is 15.1 Å². The van der Waals surface area contributed by atoms with Gasteiger partial charge in [-0.3, -0.25) is 4.79 Å². The van der Waals surface area contributed by atoms with E-state index < -0.39 is 0 Å². The Bertz CT molecular complexity index is 560. The minimum absolute atomic E-state index is 0.0189. The van der Waals surface area contributed by atoms with E-state index in [-0.39, 0.29) is 5.60 Å². The van der Waals surface area contributed by atoms with Gasteiger partial charge in [-0.05, 0) is 26.2 Å². The van der Waals surface area contributed by atoms with E-state index >= 15 is 0 Å². The van der Waals surface area contributed by atoms with Gasteiger partial charge in [-0.2, -0.15) is 0 Å². The Balaban J connectivity index is 1.27. The van der Waals surface area contributed by atoms with Crippen LogP contribution >= 0.6 is 11.3 Å². The highest BCUT2D eigenvalue weighted by Gasteiger charge is 2.48. The number of hydrogen-bond acceptors (Lipinski definition) is 6. The van der Waals surface area contributed by atoms with Gasteiger partial charge in [0, 0.05) is 25.4 Å². The zero-order valence-corrected chi connectivity index (χ0v) is 13.8. The number of amides is 1. The number of carbonyl (C=O) groups is 1. The predicted octanol–water partition coefficient (Wildman–Crippen LogP) is 1.45. The van der Waals surface area contributed by atoms with Gasteiger partial charge in [0.25, 0.3) is 0 Å². The van der Waals surface area contributed by atoms with Crippen LogP contribution < -0.4 is 4.90 Å². The molecule has 0 radical (unpaired) electrons. The third kappa shape index (κ3) is 2.60. The molecular formula is C15H22N4O2S. The Morgan fingerprint density at radius 3 is 2.86 bits per heavy atom. The van der Waals surface area contributed by atoms with Crippen LogP contribution in [0, 0.1) is 12.8 Å². The summed E-state index contributed by atoms with van der Waals surface area (Å²) in [6.45, 7) is 6.44. The highest BCUT2D eigenvalue weighted by molar-refractivity contribution is 7.15. The lowest BCUT2D eigenvalue weighted by molar-refractivity contribution is -0.134. The molecule has 7 heteroatoms. The zero-order chi connectivity index (χ0) is 15.2. The SMILES string of the molecule is Cc1nnc(N2CC3(CC[C@@H](CN4CCCC4=O)CO3)C2)s1. The Hall–Kier alpha value is -1.21. The van der Waals surface area contributed by atoms with Gasteiger partial charge in [0.05, 0.1) is 19.7 Å². The van der Waals surface area contributed by atoms with E-state index in [0.717, 1.165) is 68.6 Å². The molecule has 1 amide bonds. The molecule has 0 aromatic carbocycles. The molecule has 0 aliphatic carbocycles. The standard InChI is InChI=1S/C15H22N4O2S/c1-11-16-17-14(22-11)19-9-15(10-19)5-4-12(8-21-15)7-18-6-2-3-13(18)20/h12H,2-10H2,1H3/t12-/m0/s1. The third-order valence-corrected chi connectivity index (χ3v) is 5.93. The molecule has 0 unspecified atom stereocenters. The second-order valence-corrected chi connectivity index (χ2v) is 7.96. The molecule has 0 bridgehead atoms. The van der Waals surface area contributed by atoms with Gasteiger partial charge < -0.3 is 14.5 Å². The third-order valence-electron chi connectivity index (χ3n) is 5.03. The van der Waals surface area contributed by atoms with Crippen molar-refractivity contribution in [2.45, 2.75) is 38.2 Å². The topological polar surface area (TPSA) is 58.6 Å². The molecule has 4 rings (SSSR count). The van der Waals surface area contributed by atoms with Crippen molar-refractivity contribution in [3.63, 3.8) is 0 Å². The van der Waals surface area contributed by atoms with Gasteiger partial charge in [0.1, 0.15) is 10.6 Å². The first-order chi connectivity index (χ1) is 10.6. The molecule has 120 valence electrons. The van der Waals surface area contributed by atoms with E-state index in [1.165, 1.54) is 0 Å². The van der Waals surface area contributed by atoms with Crippen LogP contribution in [0.2, 0.25) is 0 Å². The van der Waals surface area contributed by atoms with E-state index in [1.54, 1.807) is 11.3 Å². The van der Waals surface area contributed by atoms with Crippen molar-refractivity contribution in [3.05, 3.63) is 5.01 Å². The number of carbonyl (C=O) groups excluding carboxylic acids is 1. The summed E-state index contributed by atoms with van der Waals surface area (Å²) in [7, 11) is 0. The number of anilines is 1. The average molecular weight is 322 g/mol. The fourth-order valence-corrected chi connectivity index (χ4v) is 4.40. The lowest BCUT2D eigenvalue weighted by atomic mass is 9.83. The first-order valence-electron chi connectivity index (χ1n) is 8.10. The van der Waals surface area contributed by atoms with E-state index in [2.05, 4.69) is 15.1 Å². The maximum absolute atomic E-state index is 11.7. The van der Waals surface area contributed by atoms with Gasteiger partial charge in [-0.1, -0.05) is 11.3 Å². The molecule has 0 N–H and O–H groups in total. The molecule has 4 heterocycles. The average Bonchev–Trinajstić information content (AvgIpc) is 3.07. The van der Waals surface area contributed by atoms with Crippen LogP contribution in [0.15, 0.2) is 0 Å². The largest absolute Gasteiger partial charge is 0.371 e. The highest BCUT2D eigenvalue weighted by Crippen LogP contribution is 2.39. The predicted molar refractivity (Wildman–Crippen MR) is 84.1 cm³/mol. The Labute approximate surface area is 134 Å². The van der Waals surface area contributed by atoms with Crippen molar-refractivity contribution in [2.75, 3.05) is 37.7 Å². The summed E-state index contributed by atoms with van der Waals surface area (Å²) in [6.07, 6.45) is 4.00. The zero-order valence-electron chi connectivity index (χ0n) is 13.0. The second-order valence-electron chi connectivity index (χ2n) is 6.80. The molecule has 3 fully saturated rings. The van der Waals surface area contributed by atoms with Crippen LogP contribution in [0.25, 0.3) is 0 Å². The Kier molecular flexibility index (Phi) is 3.57. The summed E-state index contributed by atoms with van der Waals surface area (Å²) in [6, 6.07) is 0. The van der Waals surface area contributed by atoms with Gasteiger partial charge in [-0.25, -0.2) is 0 Å². The van der Waals surface area contributed by atoms with Crippen molar-refractivity contribution in [3.8, 4) is 0 Å². The summed E-state index contributed by atoms with van der Waals surface area (Å²) in [4.78, 5) is 16.0. The molecule has 1 spiro atoms. The number of aromatic nitrogens is 2. The van der Waals surface area contributed by atoms with Gasteiger partial charge in [-0.15, -0.1) is 10.2 Å². The Morgan fingerprint density at radius 2 is 2.27 bits per heavy atom. The number of rotatable bonds is 3. The number of aryl methyl sites for hydroxylation is 1. The van der Waals surface area contributed by atoms with Crippen LogP contribution in [0.4, 0.5) is 5.13 Å². The van der Waals surface area contributed by atoms with Crippen molar-refractivity contribution < 1.29 is 9.53 Å². The van der Waals surface area contributed by atoms with Crippen molar-refractivity contribution in [1.29, 1.82) is 0 Å². The monoisotopic (exact) mass is 322 g/mol. The van der Waals surface area contributed by atoms with Gasteiger partial charge >= 0.3 is 0 Å². The summed E-state index contributed by atoms with van der Waals surface area (Å²) in [5.74, 6) is 0.826. The van der Waals surface area contributed by atoms with Crippen LogP contribution in [0.1, 0.15) is 30.7 Å². The molecular weight excluding hydrogens is 300 g/mol. The molecule has 3 saturated heterocycles. The summed E-state index contributed by atoms with van der Waals surface area (Å²) < 4.78 is 6.19. The second kappa shape index (κ2) is 5.45. The van der Waals surface area contributed by atoms with E-state index in [0.29, 0.717) is 11.8 Å². The molecule has 3 aliphatic heterocycles. The van der Waals surface area contributed by atoms with E-state index in [4.69, 9.17) is 4.74 Å². The molecule has 0 saturated carbocycles. The summed E-state index contributed by atoms with van der Waals surface area (Å²) in [5, 5.41) is 10.3. The molecule has 22 heavy (non-hydrogen) atoms. The number of hydrogen-bond donors (Lipinski definition) is 0. The summed E-state index contributed by atoms with van der Waals surface area (Å²) >= 11 is 1.65. The molecule has 6 nitrogen and oxygen atoms in total. The molecule has 1 atom stereocenters. The fourth-order valence-electron chi connectivity index (χ4n) is 3.72. The summed E-state index contributed by atoms with van der Waals surface area (Å²) in [5.41, 5.74) is 0.0189. The first-order valence-corrected chi connectivity index (χ1v) is 8.92. The number of nitrogens with zero attached hydrogens (tertiary/aromatic N) is 4. The number of likely N-dealkylation sites (tertiary alicyclic amines) is 1. The van der Waals surface area contributed by atoms with E-state index in [1.807, 2.05) is 11.8 Å². The lowest BCUT2D eigenvalue weighted by Crippen LogP contribution is -2.65. The fraction of sp³-hybridized carbons (Fsp3) is 0.800. The molecule has 1 aromatic rings. The van der Waals surface area contributed by atoms with E-state index in [9.17, 15) is 4.79 Å². The van der Waals surface area contributed by atoms with Crippen LogP contribution in [0.3, 0.4) is 0 Å². The van der Waals surface area contributed by atoms with Crippen LogP contribution in [-0.4, -0.2) is 59.4 Å². The minimum atomic E-state index is 0.0189. The Morgan fingerprint density at radius 1 is 1.41 bits per heavy atom. The van der Waals surface area contributed by atoms with Crippen LogP contribution in [-0.2, 0) is 9.53 Å². The van der Waals surface area contributed by atoms with Gasteiger partial charge in [0.2, 0.25) is 11.0 Å². The highest BCUT2D eigenvalue weighted by atomic mass is 32.1. The number of ether oxygens (including phenoxy) is 1. The quantitative estimate of drug-likeness (QED) is 0.843. The van der Waals surface area contributed by atoms with Crippen molar-refractivity contribution in [2.24, 2.45) is 5.92 Å². The molecule has 3 aliphatic rings. The van der Waals surface area contributed by atoms with Crippen LogP contribution in [0.5, 0.6) is 0 Å². The lowest BCUT2D eigenvalue weighted by Gasteiger charge is -2.52. The normalized spacial score (nSPS) is 27.5. The van der Waals surface area contributed by atoms with Crippen molar-refractivity contribution >= 4 is 22.4 Å². The minimum Gasteiger partial charge on any atom is -0.371 e.